The van der Waals surface area contributed by atoms with Gasteiger partial charge in [0.25, 0.3) is 0 Å². The second-order valence-corrected chi connectivity index (χ2v) is 7.52. The Morgan fingerprint density at radius 1 is 1.31 bits per heavy atom. The number of aliphatic hydroxyl groups excluding tert-OH is 2. The first-order chi connectivity index (χ1) is 13.8. The van der Waals surface area contributed by atoms with Gasteiger partial charge in [0.15, 0.2) is 5.83 Å². The quantitative estimate of drug-likeness (QED) is 0.618. The molecule has 0 radical (unpaired) electrons. The third kappa shape index (κ3) is 5.00. The number of hydrogen-bond donors (Lipinski definition) is 3. The summed E-state index contributed by atoms with van der Waals surface area (Å²) in [7, 11) is 0. The number of hydrogen-bond acceptors (Lipinski definition) is 4. The average Bonchev–Trinajstić information content (AvgIpc) is 2.85. The number of ether oxygens (including phenoxy) is 1. The van der Waals surface area contributed by atoms with Gasteiger partial charge >= 0.3 is 12.0 Å². The monoisotopic (exact) mass is 412 g/mol. The lowest BCUT2D eigenvalue weighted by molar-refractivity contribution is 0.0695. The van der Waals surface area contributed by atoms with Crippen LogP contribution in [0.5, 0.6) is 5.75 Å². The highest BCUT2D eigenvalue weighted by atomic mass is 19.3. The lowest BCUT2D eigenvalue weighted by Crippen LogP contribution is -2.24. The van der Waals surface area contributed by atoms with E-state index in [2.05, 4.69) is 0 Å². The first-order valence-corrected chi connectivity index (χ1v) is 9.53. The average molecular weight is 412 g/mol. The fourth-order valence-corrected chi connectivity index (χ4v) is 4.10. The molecule has 0 spiro atoms. The minimum absolute atomic E-state index is 0.0472. The van der Waals surface area contributed by atoms with Gasteiger partial charge in [-0.25, -0.2) is 9.18 Å². The Kier molecular flexibility index (Phi) is 6.64. The van der Waals surface area contributed by atoms with Crippen molar-refractivity contribution in [2.45, 2.75) is 50.4 Å². The molecule has 1 saturated carbocycles. The van der Waals surface area contributed by atoms with Crippen LogP contribution >= 0.6 is 0 Å². The van der Waals surface area contributed by atoms with Crippen LogP contribution in [0, 0.1) is 11.8 Å². The molecule has 1 heterocycles. The number of rotatable bonds is 6. The Bertz CT molecular complexity index is 819. The number of carbonyl (C=O) groups is 1. The Balaban J connectivity index is 1.67. The molecule has 2 aliphatic rings. The van der Waals surface area contributed by atoms with Crippen molar-refractivity contribution in [2.75, 3.05) is 0 Å². The molecule has 29 heavy (non-hydrogen) atoms. The van der Waals surface area contributed by atoms with E-state index in [0.717, 1.165) is 5.56 Å². The fourth-order valence-electron chi connectivity index (χ4n) is 4.10. The lowest BCUT2D eigenvalue weighted by atomic mass is 9.88. The van der Waals surface area contributed by atoms with Gasteiger partial charge < -0.3 is 20.1 Å². The molecule has 158 valence electrons. The summed E-state index contributed by atoms with van der Waals surface area (Å²) in [5, 5.41) is 29.5. The Morgan fingerprint density at radius 3 is 2.76 bits per heavy atom. The first-order valence-electron chi connectivity index (χ1n) is 9.53. The predicted molar refractivity (Wildman–Crippen MR) is 98.5 cm³/mol. The van der Waals surface area contributed by atoms with Crippen LogP contribution in [-0.2, 0) is 6.42 Å². The number of carboxylic acids is 1. The molecule has 8 heteroatoms. The van der Waals surface area contributed by atoms with E-state index >= 15 is 0 Å². The number of allylic oxidation sites excluding steroid dienone is 1. The van der Waals surface area contributed by atoms with Crippen molar-refractivity contribution in [1.82, 2.24) is 0 Å². The van der Waals surface area contributed by atoms with Gasteiger partial charge in [-0.2, -0.15) is 8.78 Å². The van der Waals surface area contributed by atoms with Crippen LogP contribution < -0.4 is 4.74 Å². The van der Waals surface area contributed by atoms with Crippen molar-refractivity contribution in [1.29, 1.82) is 0 Å². The van der Waals surface area contributed by atoms with Crippen LogP contribution in [0.15, 0.2) is 42.3 Å². The molecule has 0 amide bonds. The van der Waals surface area contributed by atoms with Crippen molar-refractivity contribution in [2.24, 2.45) is 11.8 Å². The summed E-state index contributed by atoms with van der Waals surface area (Å²) in [6, 6.07) is 4.75. The Morgan fingerprint density at radius 2 is 2.07 bits per heavy atom. The summed E-state index contributed by atoms with van der Waals surface area (Å²) in [5.41, 5.74) is 1.03. The van der Waals surface area contributed by atoms with Crippen molar-refractivity contribution in [3.63, 3.8) is 0 Å². The molecule has 0 saturated heterocycles. The number of halogens is 3. The molecule has 1 aliphatic carbocycles. The molecule has 3 N–H and O–H groups in total. The second-order valence-electron chi connectivity index (χ2n) is 7.52. The van der Waals surface area contributed by atoms with Gasteiger partial charge in [-0.15, -0.1) is 0 Å². The van der Waals surface area contributed by atoms with E-state index in [1.54, 1.807) is 12.1 Å². The number of aromatic carboxylic acids is 1. The third-order valence-electron chi connectivity index (χ3n) is 5.65. The van der Waals surface area contributed by atoms with Gasteiger partial charge in [0.1, 0.15) is 11.9 Å². The minimum atomic E-state index is -2.38. The highest BCUT2D eigenvalue weighted by molar-refractivity contribution is 5.88. The number of carboxylic acid groups (broad SMARTS) is 1. The Hall–Kier alpha value is -2.32. The van der Waals surface area contributed by atoms with Gasteiger partial charge in [0, 0.05) is 24.7 Å². The predicted octanol–water partition coefficient (Wildman–Crippen LogP) is 3.85. The van der Waals surface area contributed by atoms with Crippen molar-refractivity contribution in [3.8, 4) is 5.75 Å². The van der Waals surface area contributed by atoms with E-state index < -0.39 is 36.5 Å². The lowest BCUT2D eigenvalue weighted by Gasteiger charge is -2.21. The number of benzene rings is 1. The number of fused-ring (bicyclic) bond motifs is 2. The number of aryl methyl sites for hydroxylation is 1. The molecule has 5 nitrogen and oxygen atoms in total. The molecular formula is C21H23F3O5. The summed E-state index contributed by atoms with van der Waals surface area (Å²) >= 11 is 0. The van der Waals surface area contributed by atoms with Gasteiger partial charge in [-0.05, 0) is 37.0 Å². The molecular weight excluding hydrogens is 389 g/mol. The van der Waals surface area contributed by atoms with Crippen LogP contribution in [0.2, 0.25) is 0 Å². The molecule has 1 aromatic rings. The van der Waals surface area contributed by atoms with Crippen LogP contribution in [0.25, 0.3) is 0 Å². The van der Waals surface area contributed by atoms with E-state index in [1.807, 2.05) is 0 Å². The summed E-state index contributed by atoms with van der Waals surface area (Å²) in [4.78, 5) is 11.2. The Labute approximate surface area is 166 Å². The molecule has 1 fully saturated rings. The molecule has 0 bridgehead atoms. The van der Waals surface area contributed by atoms with Crippen LogP contribution in [-0.4, -0.2) is 39.6 Å². The zero-order chi connectivity index (χ0) is 21.1. The van der Waals surface area contributed by atoms with E-state index in [0.29, 0.717) is 25.0 Å². The molecule has 1 aliphatic heterocycles. The van der Waals surface area contributed by atoms with E-state index in [4.69, 9.17) is 9.84 Å². The van der Waals surface area contributed by atoms with E-state index in [9.17, 15) is 28.2 Å². The molecule has 0 aromatic heterocycles. The largest absolute Gasteiger partial charge is 0.490 e. The normalized spacial score (nSPS) is 26.9. The highest BCUT2D eigenvalue weighted by Gasteiger charge is 2.43. The maximum atomic E-state index is 12.9. The fraction of sp³-hybridized carbons (Fsp3) is 0.476. The number of aliphatic hydroxyl groups is 2. The van der Waals surface area contributed by atoms with Gasteiger partial charge in [0.2, 0.25) is 0 Å². The van der Waals surface area contributed by atoms with Crippen molar-refractivity contribution < 1.29 is 38.0 Å². The van der Waals surface area contributed by atoms with E-state index in [-0.39, 0.29) is 29.9 Å². The summed E-state index contributed by atoms with van der Waals surface area (Å²) in [5.74, 6) is -2.42. The second kappa shape index (κ2) is 9.00. The molecule has 0 unspecified atom stereocenters. The van der Waals surface area contributed by atoms with E-state index in [1.165, 1.54) is 18.2 Å². The minimum Gasteiger partial charge on any atom is -0.490 e. The topological polar surface area (TPSA) is 87.0 Å². The van der Waals surface area contributed by atoms with Gasteiger partial charge in [-0.1, -0.05) is 18.2 Å². The maximum absolute atomic E-state index is 12.9. The summed E-state index contributed by atoms with van der Waals surface area (Å²) in [6.07, 6.45) is -0.468. The maximum Gasteiger partial charge on any atom is 0.335 e. The standard InChI is InChI=1S/C21H23F3O5/c22-16(20(23)24)8-5-13(25)4-7-14-15-6-3-11-1-2-12(21(27)28)9-18(11)29-19(15)10-17(14)26/h1-2,4,7,9,13-15,17,19,25-26H,3,5-6,8,10H2,(H,27,28)/b7-4+/t13-,14-,15-,17-,19+/m1/s1. The summed E-state index contributed by atoms with van der Waals surface area (Å²) in [6.45, 7) is 0. The van der Waals surface area contributed by atoms with Crippen molar-refractivity contribution >= 4 is 5.97 Å². The summed E-state index contributed by atoms with van der Waals surface area (Å²) < 4.78 is 43.1. The van der Waals surface area contributed by atoms with Crippen LogP contribution in [0.1, 0.15) is 41.6 Å². The third-order valence-corrected chi connectivity index (χ3v) is 5.65. The van der Waals surface area contributed by atoms with Crippen LogP contribution in [0.3, 0.4) is 0 Å². The zero-order valence-electron chi connectivity index (χ0n) is 15.6. The van der Waals surface area contributed by atoms with Gasteiger partial charge in [-0.3, -0.25) is 0 Å². The molecule has 3 rings (SSSR count). The van der Waals surface area contributed by atoms with Gasteiger partial charge in [0.05, 0.1) is 17.8 Å². The SMILES string of the molecule is O=C(O)c1ccc2c(c1)O[C@H]1C[C@@H](O)[C@H](/C=C/[C@@H](O)CCC(F)=C(F)F)[C@H]1CC2. The first kappa shape index (κ1) is 21.4. The van der Waals surface area contributed by atoms with Crippen LogP contribution in [0.4, 0.5) is 13.2 Å². The highest BCUT2D eigenvalue weighted by Crippen LogP contribution is 2.42. The molecule has 1 aromatic carbocycles. The van der Waals surface area contributed by atoms with Crippen molar-refractivity contribution in [3.05, 3.63) is 53.4 Å². The zero-order valence-corrected chi connectivity index (χ0v) is 15.6. The smallest absolute Gasteiger partial charge is 0.335 e. The molecule has 5 atom stereocenters.